The van der Waals surface area contributed by atoms with E-state index in [0.29, 0.717) is 0 Å². The number of rotatable bonds is 7. The summed E-state index contributed by atoms with van der Waals surface area (Å²) in [6.07, 6.45) is -1.82. The van der Waals surface area contributed by atoms with Crippen LogP contribution in [0.25, 0.3) is 0 Å². The van der Waals surface area contributed by atoms with Crippen molar-refractivity contribution >= 4 is 18.0 Å². The maximum absolute atomic E-state index is 12.4. The zero-order chi connectivity index (χ0) is 23.9. The molecule has 172 valence electrons. The number of benzene rings is 2. The van der Waals surface area contributed by atoms with E-state index < -0.39 is 53.6 Å². The van der Waals surface area contributed by atoms with Gasteiger partial charge in [0.2, 0.25) is 0 Å². The van der Waals surface area contributed by atoms with E-state index in [9.17, 15) is 29.7 Å². The fourth-order valence-corrected chi connectivity index (χ4v) is 2.41. The largest absolute Gasteiger partial charge is 0.504 e. The normalized spacial score (nSPS) is 11.8. The fraction of sp³-hybridized carbons (Fsp3) is 0.318. The number of hydrogen-bond donors (Lipinski definition) is 4. The smallest absolute Gasteiger partial charge is 0.407 e. The average Bonchev–Trinajstić information content (AvgIpc) is 2.72. The highest BCUT2D eigenvalue weighted by atomic mass is 16.6. The van der Waals surface area contributed by atoms with Crippen LogP contribution in [0.15, 0.2) is 42.5 Å². The third-order valence-electron chi connectivity index (χ3n) is 3.86. The van der Waals surface area contributed by atoms with Gasteiger partial charge in [-0.3, -0.25) is 0 Å². The molecule has 0 heterocycles. The molecule has 4 N–H and O–H groups in total. The van der Waals surface area contributed by atoms with Gasteiger partial charge >= 0.3 is 18.0 Å². The second-order valence-corrected chi connectivity index (χ2v) is 7.74. The molecule has 1 atom stereocenters. The predicted octanol–water partition coefficient (Wildman–Crippen LogP) is 2.71. The molecule has 0 aliphatic carbocycles. The summed E-state index contributed by atoms with van der Waals surface area (Å²) in [5, 5.41) is 30.9. The summed E-state index contributed by atoms with van der Waals surface area (Å²) in [5.74, 6) is -3.87. The lowest BCUT2D eigenvalue weighted by molar-refractivity contribution is -0.00198. The van der Waals surface area contributed by atoms with Crippen molar-refractivity contribution < 1.29 is 43.9 Å². The van der Waals surface area contributed by atoms with Crippen LogP contribution in [0.3, 0.4) is 0 Å². The quantitative estimate of drug-likeness (QED) is 0.285. The predicted molar refractivity (Wildman–Crippen MR) is 112 cm³/mol. The molecule has 1 unspecified atom stereocenters. The lowest BCUT2D eigenvalue weighted by Gasteiger charge is -2.22. The first-order valence-corrected chi connectivity index (χ1v) is 9.61. The van der Waals surface area contributed by atoms with Gasteiger partial charge in [-0.15, -0.1) is 0 Å². The molecule has 0 saturated carbocycles. The zero-order valence-corrected chi connectivity index (χ0v) is 17.8. The van der Waals surface area contributed by atoms with Gasteiger partial charge in [-0.2, -0.15) is 0 Å². The van der Waals surface area contributed by atoms with Gasteiger partial charge in [-0.05, 0) is 45.0 Å². The van der Waals surface area contributed by atoms with Crippen LogP contribution in [0.1, 0.15) is 41.5 Å². The summed E-state index contributed by atoms with van der Waals surface area (Å²) in [6, 6.07) is 9.90. The molecule has 1 amide bonds. The Morgan fingerprint density at radius 3 is 2.09 bits per heavy atom. The number of aromatic hydroxyl groups is 3. The van der Waals surface area contributed by atoms with Crippen LogP contribution in [-0.4, -0.2) is 58.2 Å². The summed E-state index contributed by atoms with van der Waals surface area (Å²) in [4.78, 5) is 36.6. The number of ether oxygens (including phenoxy) is 3. The number of nitrogens with one attached hydrogen (secondary N) is 1. The molecule has 10 nitrogen and oxygen atoms in total. The lowest BCUT2D eigenvalue weighted by Crippen LogP contribution is -2.40. The van der Waals surface area contributed by atoms with E-state index in [1.54, 1.807) is 39.0 Å². The molecule has 0 spiro atoms. The van der Waals surface area contributed by atoms with Crippen molar-refractivity contribution in [2.75, 3.05) is 13.2 Å². The Labute approximate surface area is 184 Å². The minimum Gasteiger partial charge on any atom is -0.504 e. The molecule has 2 aromatic rings. The molecular weight excluding hydrogens is 422 g/mol. The minimum atomic E-state index is -1.07. The Balaban J connectivity index is 2.06. The monoisotopic (exact) mass is 447 g/mol. The van der Waals surface area contributed by atoms with Gasteiger partial charge in [0.05, 0.1) is 17.7 Å². The van der Waals surface area contributed by atoms with Crippen molar-refractivity contribution in [2.45, 2.75) is 32.5 Å². The molecule has 0 aliphatic heterocycles. The Bertz CT molecular complexity index is 944. The number of phenolic OH excluding ortho intramolecular Hbond substituents is 3. The first-order chi connectivity index (χ1) is 15.0. The number of alkyl carbamates (subject to hydrolysis) is 1. The Morgan fingerprint density at radius 1 is 0.938 bits per heavy atom. The SMILES string of the molecule is CC(C)(C)OC(=O)NCC(COC(=O)c1cc(O)c(O)c(O)c1)OC(=O)c1ccccc1. The van der Waals surface area contributed by atoms with Crippen LogP contribution in [0, 0.1) is 0 Å². The van der Waals surface area contributed by atoms with Gasteiger partial charge in [0.15, 0.2) is 23.4 Å². The first-order valence-electron chi connectivity index (χ1n) is 9.61. The highest BCUT2D eigenvalue weighted by Crippen LogP contribution is 2.35. The van der Waals surface area contributed by atoms with E-state index in [1.807, 2.05) is 0 Å². The Hall–Kier alpha value is -3.95. The standard InChI is InChI=1S/C22H25NO9/c1-22(2,3)32-21(29)23-11-15(31-20(28)13-7-5-4-6-8-13)12-30-19(27)14-9-16(24)18(26)17(25)10-14/h4-10,15,24-26H,11-12H2,1-3H3,(H,23,29). The van der Waals surface area contributed by atoms with Crippen LogP contribution in [0.4, 0.5) is 4.79 Å². The van der Waals surface area contributed by atoms with E-state index in [1.165, 1.54) is 12.1 Å². The molecule has 0 aromatic heterocycles. The lowest BCUT2D eigenvalue weighted by atomic mass is 10.2. The maximum atomic E-state index is 12.4. The molecule has 2 rings (SSSR count). The Kier molecular flexibility index (Phi) is 7.89. The number of phenols is 3. The molecular formula is C22H25NO9. The van der Waals surface area contributed by atoms with Gasteiger partial charge < -0.3 is 34.8 Å². The molecule has 32 heavy (non-hydrogen) atoms. The molecule has 0 radical (unpaired) electrons. The van der Waals surface area contributed by atoms with E-state index in [2.05, 4.69) is 5.32 Å². The highest BCUT2D eigenvalue weighted by Gasteiger charge is 2.23. The van der Waals surface area contributed by atoms with E-state index in [0.717, 1.165) is 12.1 Å². The molecule has 10 heteroatoms. The highest BCUT2D eigenvalue weighted by molar-refractivity contribution is 5.91. The minimum absolute atomic E-state index is 0.215. The number of hydrogen-bond acceptors (Lipinski definition) is 9. The third kappa shape index (κ3) is 7.38. The number of carbonyl (C=O) groups is 3. The average molecular weight is 447 g/mol. The van der Waals surface area contributed by atoms with Crippen LogP contribution >= 0.6 is 0 Å². The van der Waals surface area contributed by atoms with Gasteiger partial charge in [0.25, 0.3) is 0 Å². The topological polar surface area (TPSA) is 152 Å². The second-order valence-electron chi connectivity index (χ2n) is 7.74. The molecule has 0 bridgehead atoms. The summed E-state index contributed by atoms with van der Waals surface area (Å²) in [7, 11) is 0. The number of amides is 1. The fourth-order valence-electron chi connectivity index (χ4n) is 2.41. The summed E-state index contributed by atoms with van der Waals surface area (Å²) < 4.78 is 15.6. The maximum Gasteiger partial charge on any atom is 0.407 e. The van der Waals surface area contributed by atoms with Gasteiger partial charge in [-0.25, -0.2) is 14.4 Å². The van der Waals surface area contributed by atoms with E-state index >= 15 is 0 Å². The number of carbonyl (C=O) groups excluding carboxylic acids is 3. The Morgan fingerprint density at radius 2 is 1.53 bits per heavy atom. The summed E-state index contributed by atoms with van der Waals surface area (Å²) in [5.41, 5.74) is -0.726. The molecule has 0 aliphatic rings. The van der Waals surface area contributed by atoms with Crippen LogP contribution in [-0.2, 0) is 14.2 Å². The van der Waals surface area contributed by atoms with E-state index in [4.69, 9.17) is 14.2 Å². The van der Waals surface area contributed by atoms with Crippen molar-refractivity contribution in [1.29, 1.82) is 0 Å². The first kappa shape index (κ1) is 24.3. The molecule has 2 aromatic carbocycles. The number of esters is 2. The van der Waals surface area contributed by atoms with Crippen molar-refractivity contribution in [3.8, 4) is 17.2 Å². The molecule has 0 saturated heterocycles. The van der Waals surface area contributed by atoms with Crippen molar-refractivity contribution in [2.24, 2.45) is 0 Å². The van der Waals surface area contributed by atoms with Crippen molar-refractivity contribution in [3.63, 3.8) is 0 Å². The van der Waals surface area contributed by atoms with Crippen LogP contribution in [0.2, 0.25) is 0 Å². The second kappa shape index (κ2) is 10.4. The van der Waals surface area contributed by atoms with Crippen molar-refractivity contribution in [1.82, 2.24) is 5.32 Å². The van der Waals surface area contributed by atoms with Gasteiger partial charge in [0.1, 0.15) is 12.2 Å². The zero-order valence-electron chi connectivity index (χ0n) is 17.8. The summed E-state index contributed by atoms with van der Waals surface area (Å²) >= 11 is 0. The van der Waals surface area contributed by atoms with Crippen LogP contribution in [0.5, 0.6) is 17.2 Å². The summed E-state index contributed by atoms with van der Waals surface area (Å²) in [6.45, 7) is 4.39. The van der Waals surface area contributed by atoms with E-state index in [-0.39, 0.29) is 17.7 Å². The molecule has 0 fully saturated rings. The van der Waals surface area contributed by atoms with Crippen molar-refractivity contribution in [3.05, 3.63) is 53.6 Å². The van der Waals surface area contributed by atoms with Crippen LogP contribution < -0.4 is 5.32 Å². The third-order valence-corrected chi connectivity index (χ3v) is 3.86. The van der Waals surface area contributed by atoms with Gasteiger partial charge in [-0.1, -0.05) is 18.2 Å². The van der Waals surface area contributed by atoms with Gasteiger partial charge in [0, 0.05) is 0 Å².